The summed E-state index contributed by atoms with van der Waals surface area (Å²) < 4.78 is 0. The van der Waals surface area contributed by atoms with Gasteiger partial charge in [-0.05, 0) is 36.3 Å². The van der Waals surface area contributed by atoms with Crippen LogP contribution in [-0.2, 0) is 13.0 Å². The summed E-state index contributed by atoms with van der Waals surface area (Å²) >= 11 is 0. The first-order valence-corrected chi connectivity index (χ1v) is 6.64. The zero-order valence-electron chi connectivity index (χ0n) is 10.5. The molecule has 1 heteroatoms. The highest BCUT2D eigenvalue weighted by molar-refractivity contribution is 5.22. The number of rotatable bonds is 6. The molecule has 0 radical (unpaired) electrons. The van der Waals surface area contributed by atoms with Crippen molar-refractivity contribution in [3.63, 3.8) is 0 Å². The molecule has 1 aliphatic rings. The molecule has 1 aliphatic carbocycles. The van der Waals surface area contributed by atoms with E-state index in [0.29, 0.717) is 0 Å². The standard InChI is InChI=1S/C15H23N/c1-3-5-14-10-15(14)16-11-13-8-6-12(4-2)7-9-13/h6-9,14-16H,3-5,10-11H2,1-2H3. The highest BCUT2D eigenvalue weighted by Crippen LogP contribution is 2.34. The van der Waals surface area contributed by atoms with E-state index in [9.17, 15) is 0 Å². The molecule has 0 spiro atoms. The summed E-state index contributed by atoms with van der Waals surface area (Å²) in [4.78, 5) is 0. The summed E-state index contributed by atoms with van der Waals surface area (Å²) in [6.07, 6.45) is 5.25. The molecule has 0 heterocycles. The molecule has 1 fully saturated rings. The Bertz CT molecular complexity index is 315. The van der Waals surface area contributed by atoms with E-state index in [-0.39, 0.29) is 0 Å². The topological polar surface area (TPSA) is 12.0 Å². The predicted octanol–water partition coefficient (Wildman–Crippen LogP) is 3.53. The van der Waals surface area contributed by atoms with Crippen LogP contribution in [0.5, 0.6) is 0 Å². The van der Waals surface area contributed by atoms with Crippen LogP contribution in [0, 0.1) is 5.92 Å². The van der Waals surface area contributed by atoms with E-state index in [1.165, 1.54) is 30.4 Å². The highest BCUT2D eigenvalue weighted by Gasteiger charge is 2.35. The van der Waals surface area contributed by atoms with Crippen LogP contribution in [0.15, 0.2) is 24.3 Å². The molecule has 0 aromatic heterocycles. The summed E-state index contributed by atoms with van der Waals surface area (Å²) in [5.41, 5.74) is 2.85. The van der Waals surface area contributed by atoms with Gasteiger partial charge in [-0.3, -0.25) is 0 Å². The third-order valence-corrected chi connectivity index (χ3v) is 3.58. The number of hydrogen-bond donors (Lipinski definition) is 1. The lowest BCUT2D eigenvalue weighted by atomic mass is 10.1. The summed E-state index contributed by atoms with van der Waals surface area (Å²) in [7, 11) is 0. The van der Waals surface area contributed by atoms with Gasteiger partial charge in [0.15, 0.2) is 0 Å². The van der Waals surface area contributed by atoms with Crippen molar-refractivity contribution in [2.24, 2.45) is 5.92 Å². The number of nitrogens with one attached hydrogen (secondary N) is 1. The second-order valence-corrected chi connectivity index (χ2v) is 4.94. The van der Waals surface area contributed by atoms with Gasteiger partial charge in [0.1, 0.15) is 0 Å². The molecular weight excluding hydrogens is 194 g/mol. The first kappa shape index (κ1) is 11.7. The van der Waals surface area contributed by atoms with Gasteiger partial charge in [-0.15, -0.1) is 0 Å². The van der Waals surface area contributed by atoms with Crippen LogP contribution < -0.4 is 5.32 Å². The molecule has 88 valence electrons. The molecule has 2 unspecified atom stereocenters. The first-order valence-electron chi connectivity index (χ1n) is 6.64. The normalized spacial score (nSPS) is 23.4. The van der Waals surface area contributed by atoms with Gasteiger partial charge in [0.05, 0.1) is 0 Å². The Morgan fingerprint density at radius 1 is 1.12 bits per heavy atom. The minimum absolute atomic E-state index is 0.797. The molecule has 2 atom stereocenters. The van der Waals surface area contributed by atoms with E-state index in [0.717, 1.165) is 24.9 Å². The van der Waals surface area contributed by atoms with E-state index >= 15 is 0 Å². The Morgan fingerprint density at radius 3 is 2.44 bits per heavy atom. The third kappa shape index (κ3) is 3.08. The zero-order chi connectivity index (χ0) is 11.4. The minimum atomic E-state index is 0.797. The monoisotopic (exact) mass is 217 g/mol. The van der Waals surface area contributed by atoms with Crippen LogP contribution in [0.2, 0.25) is 0 Å². The van der Waals surface area contributed by atoms with E-state index in [2.05, 4.69) is 43.4 Å². The summed E-state index contributed by atoms with van der Waals surface area (Å²) in [5, 5.41) is 3.65. The van der Waals surface area contributed by atoms with Gasteiger partial charge in [0.25, 0.3) is 0 Å². The molecule has 0 amide bonds. The van der Waals surface area contributed by atoms with Crippen molar-refractivity contribution in [3.05, 3.63) is 35.4 Å². The molecule has 0 saturated heterocycles. The largest absolute Gasteiger partial charge is 0.310 e. The Balaban J connectivity index is 1.73. The van der Waals surface area contributed by atoms with E-state index in [1.54, 1.807) is 0 Å². The molecular formula is C15H23N. The van der Waals surface area contributed by atoms with Crippen molar-refractivity contribution in [2.75, 3.05) is 0 Å². The lowest BCUT2D eigenvalue weighted by Crippen LogP contribution is -2.17. The molecule has 0 aliphatic heterocycles. The second-order valence-electron chi connectivity index (χ2n) is 4.94. The van der Waals surface area contributed by atoms with Crippen LogP contribution >= 0.6 is 0 Å². The lowest BCUT2D eigenvalue weighted by Gasteiger charge is -2.05. The molecule has 1 aromatic carbocycles. The van der Waals surface area contributed by atoms with Gasteiger partial charge >= 0.3 is 0 Å². The fourth-order valence-electron chi connectivity index (χ4n) is 2.33. The molecule has 16 heavy (non-hydrogen) atoms. The number of hydrogen-bond acceptors (Lipinski definition) is 1. The Hall–Kier alpha value is -0.820. The molecule has 0 bridgehead atoms. The van der Waals surface area contributed by atoms with E-state index in [4.69, 9.17) is 0 Å². The SMILES string of the molecule is CCCC1CC1NCc1ccc(CC)cc1. The Morgan fingerprint density at radius 2 is 1.81 bits per heavy atom. The van der Waals surface area contributed by atoms with Crippen molar-refractivity contribution in [1.82, 2.24) is 5.32 Å². The zero-order valence-corrected chi connectivity index (χ0v) is 10.5. The van der Waals surface area contributed by atoms with Crippen LogP contribution in [0.25, 0.3) is 0 Å². The molecule has 1 nitrogen and oxygen atoms in total. The van der Waals surface area contributed by atoms with Gasteiger partial charge in [-0.1, -0.05) is 44.5 Å². The fourth-order valence-corrected chi connectivity index (χ4v) is 2.33. The van der Waals surface area contributed by atoms with Crippen molar-refractivity contribution < 1.29 is 0 Å². The van der Waals surface area contributed by atoms with Crippen LogP contribution in [0.4, 0.5) is 0 Å². The maximum atomic E-state index is 3.65. The van der Waals surface area contributed by atoms with Crippen molar-refractivity contribution in [3.8, 4) is 0 Å². The summed E-state index contributed by atoms with van der Waals surface area (Å²) in [6.45, 7) is 5.51. The van der Waals surface area contributed by atoms with Gasteiger partial charge in [0.2, 0.25) is 0 Å². The Kier molecular flexibility index (Phi) is 4.00. The van der Waals surface area contributed by atoms with Gasteiger partial charge in [-0.2, -0.15) is 0 Å². The predicted molar refractivity (Wildman–Crippen MR) is 69.5 cm³/mol. The van der Waals surface area contributed by atoms with Crippen LogP contribution in [-0.4, -0.2) is 6.04 Å². The van der Waals surface area contributed by atoms with E-state index in [1.807, 2.05) is 0 Å². The highest BCUT2D eigenvalue weighted by atomic mass is 15.0. The fraction of sp³-hybridized carbons (Fsp3) is 0.600. The van der Waals surface area contributed by atoms with Crippen molar-refractivity contribution in [2.45, 2.75) is 52.1 Å². The smallest absolute Gasteiger partial charge is 0.0208 e. The lowest BCUT2D eigenvalue weighted by molar-refractivity contribution is 0.599. The van der Waals surface area contributed by atoms with Gasteiger partial charge in [0, 0.05) is 12.6 Å². The summed E-state index contributed by atoms with van der Waals surface area (Å²) in [6, 6.07) is 9.79. The molecule has 1 aromatic rings. The second kappa shape index (κ2) is 5.49. The minimum Gasteiger partial charge on any atom is -0.310 e. The van der Waals surface area contributed by atoms with Crippen molar-refractivity contribution in [1.29, 1.82) is 0 Å². The number of aryl methyl sites for hydroxylation is 1. The molecule has 1 saturated carbocycles. The third-order valence-electron chi connectivity index (χ3n) is 3.58. The van der Waals surface area contributed by atoms with Crippen LogP contribution in [0.1, 0.15) is 44.2 Å². The maximum absolute atomic E-state index is 3.65. The first-order chi connectivity index (χ1) is 7.83. The maximum Gasteiger partial charge on any atom is 0.0208 e. The summed E-state index contributed by atoms with van der Waals surface area (Å²) in [5.74, 6) is 0.958. The number of benzene rings is 1. The average molecular weight is 217 g/mol. The Labute approximate surface area is 99.3 Å². The van der Waals surface area contributed by atoms with Gasteiger partial charge < -0.3 is 5.32 Å². The molecule has 2 rings (SSSR count). The van der Waals surface area contributed by atoms with Crippen LogP contribution in [0.3, 0.4) is 0 Å². The van der Waals surface area contributed by atoms with Gasteiger partial charge in [-0.25, -0.2) is 0 Å². The average Bonchev–Trinajstić information content (AvgIpc) is 3.06. The van der Waals surface area contributed by atoms with E-state index < -0.39 is 0 Å². The quantitative estimate of drug-likeness (QED) is 0.768. The molecule has 1 N–H and O–H groups in total. The van der Waals surface area contributed by atoms with Crippen molar-refractivity contribution >= 4 is 0 Å².